The molecule has 0 atom stereocenters. The van der Waals surface area contributed by atoms with Gasteiger partial charge in [-0.1, -0.05) is 24.6 Å². The molecule has 0 aliphatic heterocycles. The molecule has 0 bridgehead atoms. The van der Waals surface area contributed by atoms with Gasteiger partial charge in [-0.05, 0) is 43.1 Å². The van der Waals surface area contributed by atoms with E-state index in [4.69, 9.17) is 11.6 Å². The third-order valence-corrected chi connectivity index (χ3v) is 3.11. The zero-order valence-corrected chi connectivity index (χ0v) is 11.5. The van der Waals surface area contributed by atoms with Crippen LogP contribution in [0.3, 0.4) is 0 Å². The summed E-state index contributed by atoms with van der Waals surface area (Å²) in [5.41, 5.74) is 3.25. The van der Waals surface area contributed by atoms with Crippen molar-refractivity contribution >= 4 is 11.6 Å². The smallest absolute Gasteiger partial charge is 0.0660 e. The second-order valence-electron chi connectivity index (χ2n) is 4.41. The Morgan fingerprint density at radius 1 is 1.39 bits per heavy atom. The van der Waals surface area contributed by atoms with Crippen molar-refractivity contribution in [3.05, 3.63) is 46.7 Å². The molecule has 0 aliphatic carbocycles. The molecule has 0 saturated heterocycles. The standard InChI is InChI=1S/C14H18ClN3/c1-3-6-16-9-12-4-5-13(7-14(12)15)18-10-11(2)8-17-18/h4-5,7-8,10,16H,3,6,9H2,1-2H3. The Bertz CT molecular complexity index is 520. The molecule has 2 rings (SSSR count). The number of hydrogen-bond donors (Lipinski definition) is 1. The molecule has 0 saturated carbocycles. The predicted molar refractivity (Wildman–Crippen MR) is 75.3 cm³/mol. The van der Waals surface area contributed by atoms with E-state index in [-0.39, 0.29) is 0 Å². The number of benzene rings is 1. The summed E-state index contributed by atoms with van der Waals surface area (Å²) in [6.07, 6.45) is 4.95. The number of nitrogens with one attached hydrogen (secondary N) is 1. The van der Waals surface area contributed by atoms with Crippen molar-refractivity contribution in [1.82, 2.24) is 15.1 Å². The first kappa shape index (κ1) is 13.1. The number of halogens is 1. The summed E-state index contributed by atoms with van der Waals surface area (Å²) in [7, 11) is 0. The largest absolute Gasteiger partial charge is 0.313 e. The molecule has 0 fully saturated rings. The van der Waals surface area contributed by atoms with E-state index in [1.54, 1.807) is 0 Å². The maximum absolute atomic E-state index is 6.28. The molecule has 0 radical (unpaired) electrons. The van der Waals surface area contributed by atoms with Gasteiger partial charge in [0.15, 0.2) is 0 Å². The van der Waals surface area contributed by atoms with Gasteiger partial charge in [0.1, 0.15) is 0 Å². The van der Waals surface area contributed by atoms with Gasteiger partial charge in [-0.25, -0.2) is 4.68 Å². The Kier molecular flexibility index (Phi) is 4.39. The lowest BCUT2D eigenvalue weighted by atomic mass is 10.2. The summed E-state index contributed by atoms with van der Waals surface area (Å²) < 4.78 is 1.84. The topological polar surface area (TPSA) is 29.9 Å². The van der Waals surface area contributed by atoms with Gasteiger partial charge in [0.25, 0.3) is 0 Å². The summed E-state index contributed by atoms with van der Waals surface area (Å²) in [4.78, 5) is 0. The maximum atomic E-state index is 6.28. The summed E-state index contributed by atoms with van der Waals surface area (Å²) in [5, 5.41) is 8.40. The number of nitrogens with zero attached hydrogens (tertiary/aromatic N) is 2. The van der Waals surface area contributed by atoms with Crippen molar-refractivity contribution < 1.29 is 0 Å². The zero-order valence-electron chi connectivity index (χ0n) is 10.8. The zero-order chi connectivity index (χ0) is 13.0. The SMILES string of the molecule is CCCNCc1ccc(-n2cc(C)cn2)cc1Cl. The fraction of sp³-hybridized carbons (Fsp3) is 0.357. The summed E-state index contributed by atoms with van der Waals surface area (Å²) in [6.45, 7) is 5.99. The molecule has 1 heterocycles. The predicted octanol–water partition coefficient (Wildman–Crippen LogP) is 3.33. The molecule has 0 spiro atoms. The minimum absolute atomic E-state index is 0.782. The number of aromatic nitrogens is 2. The quantitative estimate of drug-likeness (QED) is 0.839. The molecule has 1 N–H and O–H groups in total. The molecule has 0 unspecified atom stereocenters. The summed E-state index contributed by atoms with van der Waals surface area (Å²) >= 11 is 6.28. The number of aryl methyl sites for hydroxylation is 1. The lowest BCUT2D eigenvalue weighted by Gasteiger charge is -2.08. The van der Waals surface area contributed by atoms with Crippen molar-refractivity contribution in [3.63, 3.8) is 0 Å². The fourth-order valence-corrected chi connectivity index (χ4v) is 2.02. The molecule has 2 aromatic rings. The Labute approximate surface area is 113 Å². The van der Waals surface area contributed by atoms with Crippen LogP contribution in [0.2, 0.25) is 5.02 Å². The van der Waals surface area contributed by atoms with E-state index in [1.807, 2.05) is 36.1 Å². The van der Waals surface area contributed by atoms with Crippen molar-refractivity contribution in [2.75, 3.05) is 6.54 Å². The first-order valence-electron chi connectivity index (χ1n) is 6.21. The van der Waals surface area contributed by atoms with E-state index >= 15 is 0 Å². The average molecular weight is 264 g/mol. The molecule has 3 nitrogen and oxygen atoms in total. The van der Waals surface area contributed by atoms with E-state index < -0.39 is 0 Å². The second kappa shape index (κ2) is 6.03. The highest BCUT2D eigenvalue weighted by molar-refractivity contribution is 6.31. The van der Waals surface area contributed by atoms with Crippen molar-refractivity contribution in [2.24, 2.45) is 0 Å². The lowest BCUT2D eigenvalue weighted by Crippen LogP contribution is -2.14. The van der Waals surface area contributed by atoms with Gasteiger partial charge in [0.2, 0.25) is 0 Å². The monoisotopic (exact) mass is 263 g/mol. The van der Waals surface area contributed by atoms with E-state index in [2.05, 4.69) is 23.4 Å². The van der Waals surface area contributed by atoms with Crippen molar-refractivity contribution in [2.45, 2.75) is 26.8 Å². The van der Waals surface area contributed by atoms with Crippen LogP contribution in [0.15, 0.2) is 30.6 Å². The average Bonchev–Trinajstić information content (AvgIpc) is 2.78. The van der Waals surface area contributed by atoms with Gasteiger partial charge in [0, 0.05) is 17.8 Å². The van der Waals surface area contributed by atoms with Gasteiger partial charge < -0.3 is 5.32 Å². The minimum atomic E-state index is 0.782. The summed E-state index contributed by atoms with van der Waals surface area (Å²) in [6, 6.07) is 6.05. The van der Waals surface area contributed by atoms with Crippen molar-refractivity contribution in [3.8, 4) is 5.69 Å². The first-order valence-corrected chi connectivity index (χ1v) is 6.59. The van der Waals surface area contributed by atoms with Crippen LogP contribution >= 0.6 is 11.6 Å². The molecule has 18 heavy (non-hydrogen) atoms. The molecular weight excluding hydrogens is 246 g/mol. The van der Waals surface area contributed by atoms with Crippen LogP contribution in [0, 0.1) is 6.92 Å². The molecule has 1 aromatic carbocycles. The van der Waals surface area contributed by atoms with Crippen LogP contribution in [0.1, 0.15) is 24.5 Å². The van der Waals surface area contributed by atoms with Crippen LogP contribution in [0.4, 0.5) is 0 Å². The highest BCUT2D eigenvalue weighted by Crippen LogP contribution is 2.20. The molecule has 1 aromatic heterocycles. The van der Waals surface area contributed by atoms with E-state index in [0.29, 0.717) is 0 Å². The van der Waals surface area contributed by atoms with Gasteiger partial charge in [-0.3, -0.25) is 0 Å². The highest BCUT2D eigenvalue weighted by atomic mass is 35.5. The Balaban J connectivity index is 2.14. The van der Waals surface area contributed by atoms with Crippen molar-refractivity contribution in [1.29, 1.82) is 0 Å². The third-order valence-electron chi connectivity index (χ3n) is 2.76. The molecule has 0 amide bonds. The highest BCUT2D eigenvalue weighted by Gasteiger charge is 2.04. The molecule has 0 aliphatic rings. The van der Waals surface area contributed by atoms with Crippen LogP contribution in [-0.4, -0.2) is 16.3 Å². The minimum Gasteiger partial charge on any atom is -0.313 e. The lowest BCUT2D eigenvalue weighted by molar-refractivity contribution is 0.675. The first-order chi connectivity index (χ1) is 8.70. The van der Waals surface area contributed by atoms with E-state index in [9.17, 15) is 0 Å². The third kappa shape index (κ3) is 3.12. The van der Waals surface area contributed by atoms with Gasteiger partial charge in [-0.2, -0.15) is 5.10 Å². The molecular formula is C14H18ClN3. The Hall–Kier alpha value is -1.32. The normalized spacial score (nSPS) is 10.8. The second-order valence-corrected chi connectivity index (χ2v) is 4.82. The number of hydrogen-bond acceptors (Lipinski definition) is 2. The van der Waals surface area contributed by atoms with Gasteiger partial charge in [0.05, 0.1) is 11.9 Å². The van der Waals surface area contributed by atoms with Gasteiger partial charge >= 0.3 is 0 Å². The number of rotatable bonds is 5. The summed E-state index contributed by atoms with van der Waals surface area (Å²) in [5.74, 6) is 0. The van der Waals surface area contributed by atoms with Crippen LogP contribution < -0.4 is 5.32 Å². The fourth-order valence-electron chi connectivity index (χ4n) is 1.78. The molecule has 4 heteroatoms. The maximum Gasteiger partial charge on any atom is 0.0660 e. The van der Waals surface area contributed by atoms with E-state index in [0.717, 1.165) is 41.3 Å². The van der Waals surface area contributed by atoms with Crippen LogP contribution in [-0.2, 0) is 6.54 Å². The van der Waals surface area contributed by atoms with Crippen LogP contribution in [0.5, 0.6) is 0 Å². The Morgan fingerprint density at radius 2 is 2.22 bits per heavy atom. The Morgan fingerprint density at radius 3 is 2.83 bits per heavy atom. The molecule has 96 valence electrons. The van der Waals surface area contributed by atoms with Crippen LogP contribution in [0.25, 0.3) is 5.69 Å². The van der Waals surface area contributed by atoms with E-state index in [1.165, 1.54) is 0 Å². The van der Waals surface area contributed by atoms with Gasteiger partial charge in [-0.15, -0.1) is 0 Å².